The molecule has 0 radical (unpaired) electrons. The van der Waals surface area contributed by atoms with Gasteiger partial charge in [0, 0.05) is 37.5 Å². The van der Waals surface area contributed by atoms with Gasteiger partial charge in [-0.3, -0.25) is 9.78 Å². The van der Waals surface area contributed by atoms with Crippen LogP contribution in [0.25, 0.3) is 11.5 Å². The molecule has 2 aromatic heterocycles. The summed E-state index contributed by atoms with van der Waals surface area (Å²) in [5, 5.41) is 4.12. The molecule has 1 aliphatic carbocycles. The Kier molecular flexibility index (Phi) is 4.19. The zero-order valence-corrected chi connectivity index (χ0v) is 15.6. The summed E-state index contributed by atoms with van der Waals surface area (Å²) in [5.41, 5.74) is 1.75. The minimum atomic E-state index is -0.281. The number of amides is 1. The molecule has 1 aromatic carbocycles. The molecule has 2 fully saturated rings. The van der Waals surface area contributed by atoms with Crippen LogP contribution >= 0.6 is 0 Å². The van der Waals surface area contributed by atoms with Crippen molar-refractivity contribution in [3.05, 3.63) is 66.2 Å². The van der Waals surface area contributed by atoms with E-state index in [1.54, 1.807) is 12.4 Å². The normalized spacial score (nSPS) is 20.3. The molecule has 142 valence electrons. The van der Waals surface area contributed by atoms with Crippen LogP contribution < -0.4 is 0 Å². The third-order valence-corrected chi connectivity index (χ3v) is 5.93. The van der Waals surface area contributed by atoms with E-state index in [1.165, 1.54) is 0 Å². The maximum absolute atomic E-state index is 13.2. The molecule has 1 saturated heterocycles. The smallest absolute Gasteiger partial charge is 0.258 e. The van der Waals surface area contributed by atoms with Gasteiger partial charge in [0.2, 0.25) is 5.91 Å². The highest BCUT2D eigenvalue weighted by Gasteiger charge is 2.53. The van der Waals surface area contributed by atoms with E-state index < -0.39 is 0 Å². The van der Waals surface area contributed by atoms with Crippen molar-refractivity contribution >= 4 is 5.91 Å². The van der Waals surface area contributed by atoms with Crippen molar-refractivity contribution in [3.63, 3.8) is 0 Å². The molecular weight excluding hydrogens is 352 g/mol. The van der Waals surface area contributed by atoms with Crippen molar-refractivity contribution in [2.45, 2.75) is 31.1 Å². The second kappa shape index (κ2) is 6.86. The quantitative estimate of drug-likeness (QED) is 0.685. The molecule has 0 N–H and O–H groups in total. The fourth-order valence-electron chi connectivity index (χ4n) is 4.20. The largest absolute Gasteiger partial charge is 0.342 e. The molecule has 3 aromatic rings. The van der Waals surface area contributed by atoms with Crippen LogP contribution in [0.2, 0.25) is 0 Å². The minimum Gasteiger partial charge on any atom is -0.342 e. The van der Waals surface area contributed by atoms with E-state index in [0.29, 0.717) is 17.6 Å². The van der Waals surface area contributed by atoms with Crippen LogP contribution in [0.4, 0.5) is 0 Å². The predicted molar refractivity (Wildman–Crippen MR) is 103 cm³/mol. The number of hydrogen-bond donors (Lipinski definition) is 0. The molecule has 0 spiro atoms. The summed E-state index contributed by atoms with van der Waals surface area (Å²) in [4.78, 5) is 23.7. The van der Waals surface area contributed by atoms with Gasteiger partial charge in [0.1, 0.15) is 0 Å². The van der Waals surface area contributed by atoms with Crippen molar-refractivity contribution in [2.24, 2.45) is 5.92 Å². The van der Waals surface area contributed by atoms with Gasteiger partial charge in [-0.15, -0.1) is 0 Å². The van der Waals surface area contributed by atoms with Gasteiger partial charge in [-0.2, -0.15) is 4.98 Å². The highest BCUT2D eigenvalue weighted by atomic mass is 16.5. The second-order valence-corrected chi connectivity index (χ2v) is 7.81. The maximum Gasteiger partial charge on any atom is 0.258 e. The van der Waals surface area contributed by atoms with E-state index in [0.717, 1.165) is 49.9 Å². The molecule has 6 heteroatoms. The van der Waals surface area contributed by atoms with Crippen LogP contribution in [-0.2, 0) is 16.6 Å². The lowest BCUT2D eigenvalue weighted by Gasteiger charge is -2.23. The number of rotatable bonds is 5. The molecule has 6 nitrogen and oxygen atoms in total. The first-order valence-electron chi connectivity index (χ1n) is 9.82. The van der Waals surface area contributed by atoms with Crippen molar-refractivity contribution < 1.29 is 9.32 Å². The number of benzene rings is 1. The van der Waals surface area contributed by atoms with E-state index in [-0.39, 0.29) is 11.3 Å². The zero-order valence-electron chi connectivity index (χ0n) is 15.6. The summed E-state index contributed by atoms with van der Waals surface area (Å²) in [5.74, 6) is 1.88. The van der Waals surface area contributed by atoms with Gasteiger partial charge < -0.3 is 9.42 Å². The molecule has 1 amide bonds. The summed E-state index contributed by atoms with van der Waals surface area (Å²) in [6, 6.07) is 13.9. The number of pyridine rings is 1. The Bertz CT molecular complexity index is 966. The van der Waals surface area contributed by atoms with Gasteiger partial charge in [-0.25, -0.2) is 0 Å². The summed E-state index contributed by atoms with van der Waals surface area (Å²) in [7, 11) is 0. The third-order valence-electron chi connectivity index (χ3n) is 5.93. The van der Waals surface area contributed by atoms with Gasteiger partial charge >= 0.3 is 0 Å². The van der Waals surface area contributed by atoms with Crippen LogP contribution in [0.15, 0.2) is 59.4 Å². The molecule has 5 rings (SSSR count). The van der Waals surface area contributed by atoms with E-state index in [1.807, 2.05) is 35.2 Å². The average molecular weight is 374 g/mol. The Morgan fingerprint density at radius 1 is 1.14 bits per heavy atom. The third kappa shape index (κ3) is 3.09. The van der Waals surface area contributed by atoms with Crippen LogP contribution in [0.3, 0.4) is 0 Å². The molecule has 1 unspecified atom stereocenters. The maximum atomic E-state index is 13.2. The number of likely N-dealkylation sites (tertiary alicyclic amines) is 1. The summed E-state index contributed by atoms with van der Waals surface area (Å²) in [6.07, 6.45) is 7.04. The lowest BCUT2D eigenvalue weighted by Crippen LogP contribution is -2.38. The van der Waals surface area contributed by atoms with Crippen LogP contribution in [0.1, 0.15) is 30.7 Å². The molecule has 1 aliphatic heterocycles. The number of aromatic nitrogens is 3. The zero-order chi connectivity index (χ0) is 19.0. The standard InChI is InChI=1S/C22H22N4O2/c27-21(22(9-10-22)18-4-2-1-3-5-18)26-13-8-16(15-26)14-19-24-20(28-25-19)17-6-11-23-12-7-17/h1-7,11-12,16H,8-10,13-15H2. The highest BCUT2D eigenvalue weighted by Crippen LogP contribution is 2.50. The average Bonchev–Trinajstić information content (AvgIpc) is 3.20. The van der Waals surface area contributed by atoms with Gasteiger partial charge in [0.15, 0.2) is 5.82 Å². The van der Waals surface area contributed by atoms with E-state index >= 15 is 0 Å². The number of carbonyl (C=O) groups is 1. The summed E-state index contributed by atoms with van der Waals surface area (Å²) in [6.45, 7) is 1.58. The first-order valence-corrected chi connectivity index (χ1v) is 9.82. The molecule has 1 saturated carbocycles. The lowest BCUT2D eigenvalue weighted by molar-refractivity contribution is -0.133. The number of carbonyl (C=O) groups excluding carboxylic acids is 1. The van der Waals surface area contributed by atoms with Crippen molar-refractivity contribution in [1.82, 2.24) is 20.0 Å². The Hall–Kier alpha value is -3.02. The first kappa shape index (κ1) is 17.1. The van der Waals surface area contributed by atoms with Gasteiger partial charge in [-0.05, 0) is 42.9 Å². The fraction of sp³-hybridized carbons (Fsp3) is 0.364. The first-order chi connectivity index (χ1) is 13.7. The Morgan fingerprint density at radius 2 is 1.93 bits per heavy atom. The van der Waals surface area contributed by atoms with Gasteiger partial charge in [0.05, 0.1) is 5.41 Å². The van der Waals surface area contributed by atoms with E-state index in [4.69, 9.17) is 4.52 Å². The predicted octanol–water partition coefficient (Wildman–Crippen LogP) is 3.25. The molecule has 1 atom stereocenters. The Labute approximate surface area is 163 Å². The monoisotopic (exact) mass is 374 g/mol. The van der Waals surface area contributed by atoms with E-state index in [9.17, 15) is 4.79 Å². The number of hydrogen-bond acceptors (Lipinski definition) is 5. The lowest BCUT2D eigenvalue weighted by atomic mass is 9.94. The van der Waals surface area contributed by atoms with Gasteiger partial charge in [0.25, 0.3) is 5.89 Å². The van der Waals surface area contributed by atoms with Crippen LogP contribution in [0.5, 0.6) is 0 Å². The second-order valence-electron chi connectivity index (χ2n) is 7.81. The molecule has 3 heterocycles. The Balaban J connectivity index is 1.23. The topological polar surface area (TPSA) is 72.1 Å². The highest BCUT2D eigenvalue weighted by molar-refractivity contribution is 5.91. The van der Waals surface area contributed by atoms with Crippen molar-refractivity contribution in [2.75, 3.05) is 13.1 Å². The summed E-state index contributed by atoms with van der Waals surface area (Å²) < 4.78 is 5.39. The molecular formula is C22H22N4O2. The SMILES string of the molecule is O=C(N1CCC(Cc2noc(-c3ccncc3)n2)C1)C1(c2ccccc2)CC1. The molecule has 28 heavy (non-hydrogen) atoms. The van der Waals surface area contributed by atoms with E-state index in [2.05, 4.69) is 27.3 Å². The summed E-state index contributed by atoms with van der Waals surface area (Å²) >= 11 is 0. The van der Waals surface area contributed by atoms with Crippen LogP contribution in [-0.4, -0.2) is 39.0 Å². The minimum absolute atomic E-state index is 0.281. The number of nitrogens with zero attached hydrogens (tertiary/aromatic N) is 4. The molecule has 2 aliphatic rings. The fourth-order valence-corrected chi connectivity index (χ4v) is 4.20. The van der Waals surface area contributed by atoms with Crippen molar-refractivity contribution in [3.8, 4) is 11.5 Å². The van der Waals surface area contributed by atoms with Gasteiger partial charge in [-0.1, -0.05) is 35.5 Å². The van der Waals surface area contributed by atoms with Crippen LogP contribution in [0, 0.1) is 5.92 Å². The molecule has 0 bridgehead atoms. The van der Waals surface area contributed by atoms with Crippen molar-refractivity contribution in [1.29, 1.82) is 0 Å². The Morgan fingerprint density at radius 3 is 2.68 bits per heavy atom.